The summed E-state index contributed by atoms with van der Waals surface area (Å²) in [7, 11) is 0. The van der Waals surface area contributed by atoms with Gasteiger partial charge in [-0.15, -0.1) is 0 Å². The van der Waals surface area contributed by atoms with Gasteiger partial charge in [0, 0.05) is 43.8 Å². The number of piperazine rings is 1. The molecule has 0 atom stereocenters. The van der Waals surface area contributed by atoms with Crippen LogP contribution in [0.25, 0.3) is 10.9 Å². The quantitative estimate of drug-likeness (QED) is 0.708. The predicted molar refractivity (Wildman–Crippen MR) is 102 cm³/mol. The van der Waals surface area contributed by atoms with Gasteiger partial charge < -0.3 is 15.1 Å². The smallest absolute Gasteiger partial charge is 0.274 e. The molecule has 1 aromatic carbocycles. The molecule has 2 aromatic heterocycles. The van der Waals surface area contributed by atoms with Gasteiger partial charge in [0.15, 0.2) is 0 Å². The topological polar surface area (TPSA) is 91.3 Å². The van der Waals surface area contributed by atoms with Gasteiger partial charge in [-0.05, 0) is 12.1 Å². The molecule has 8 nitrogen and oxygen atoms in total. The number of aromatic nitrogens is 3. The zero-order chi connectivity index (χ0) is 18.6. The van der Waals surface area contributed by atoms with Crippen LogP contribution in [0, 0.1) is 0 Å². The van der Waals surface area contributed by atoms with E-state index in [0.717, 1.165) is 17.3 Å². The first kappa shape index (κ1) is 16.9. The molecule has 0 saturated carbocycles. The summed E-state index contributed by atoms with van der Waals surface area (Å²) in [4.78, 5) is 40.0. The second-order valence-electron chi connectivity index (χ2n) is 6.22. The van der Waals surface area contributed by atoms with E-state index < -0.39 is 0 Å². The molecular weight excluding hydrogens is 344 g/mol. The molecule has 1 aliphatic rings. The fourth-order valence-corrected chi connectivity index (χ4v) is 3.09. The number of amides is 2. The summed E-state index contributed by atoms with van der Waals surface area (Å²) in [5.41, 5.74) is 1.65. The van der Waals surface area contributed by atoms with E-state index in [1.807, 2.05) is 35.2 Å². The Morgan fingerprint density at radius 2 is 1.85 bits per heavy atom. The summed E-state index contributed by atoms with van der Waals surface area (Å²) in [6.07, 6.45) is 3.94. The van der Waals surface area contributed by atoms with Crippen LogP contribution in [-0.4, -0.2) is 58.3 Å². The van der Waals surface area contributed by atoms with Gasteiger partial charge >= 0.3 is 0 Å². The minimum absolute atomic E-state index is 0.283. The molecule has 0 aliphatic carbocycles. The van der Waals surface area contributed by atoms with E-state index in [2.05, 4.69) is 20.3 Å². The van der Waals surface area contributed by atoms with Gasteiger partial charge in [0.2, 0.25) is 6.41 Å². The maximum Gasteiger partial charge on any atom is 0.274 e. The van der Waals surface area contributed by atoms with Crippen LogP contribution in [0.15, 0.2) is 48.9 Å². The molecule has 3 heterocycles. The van der Waals surface area contributed by atoms with Crippen molar-refractivity contribution in [3.05, 3.63) is 54.6 Å². The third kappa shape index (κ3) is 3.55. The number of nitrogens with one attached hydrogen (secondary N) is 1. The van der Waals surface area contributed by atoms with Crippen molar-refractivity contribution in [1.29, 1.82) is 0 Å². The number of pyridine rings is 1. The van der Waals surface area contributed by atoms with E-state index in [1.54, 1.807) is 17.2 Å². The highest BCUT2D eigenvalue weighted by molar-refractivity contribution is 6.07. The highest BCUT2D eigenvalue weighted by atomic mass is 16.2. The monoisotopic (exact) mass is 362 g/mol. The molecule has 1 N–H and O–H groups in total. The lowest BCUT2D eigenvalue weighted by Crippen LogP contribution is -2.46. The van der Waals surface area contributed by atoms with Crippen molar-refractivity contribution in [3.63, 3.8) is 0 Å². The third-order valence-electron chi connectivity index (χ3n) is 4.55. The van der Waals surface area contributed by atoms with E-state index in [1.165, 1.54) is 6.33 Å². The largest absolute Gasteiger partial charge is 0.353 e. The zero-order valence-electron chi connectivity index (χ0n) is 14.6. The first-order valence-electron chi connectivity index (χ1n) is 8.66. The van der Waals surface area contributed by atoms with E-state index in [4.69, 9.17) is 0 Å². The predicted octanol–water partition coefficient (Wildman–Crippen LogP) is 1.56. The maximum absolute atomic E-state index is 12.7. The molecule has 136 valence electrons. The van der Waals surface area contributed by atoms with Crippen LogP contribution in [0.1, 0.15) is 10.5 Å². The Balaban J connectivity index is 1.53. The second-order valence-corrected chi connectivity index (χ2v) is 6.22. The molecular formula is C19H18N6O2. The molecule has 27 heavy (non-hydrogen) atoms. The summed E-state index contributed by atoms with van der Waals surface area (Å²) in [5, 5.41) is 3.83. The summed E-state index contributed by atoms with van der Waals surface area (Å²) in [6, 6.07) is 11.1. The lowest BCUT2D eigenvalue weighted by atomic mass is 10.2. The Kier molecular flexibility index (Phi) is 4.61. The van der Waals surface area contributed by atoms with Crippen molar-refractivity contribution in [2.45, 2.75) is 0 Å². The van der Waals surface area contributed by atoms with Crippen molar-refractivity contribution in [3.8, 4) is 0 Å². The van der Waals surface area contributed by atoms with Crippen molar-refractivity contribution < 1.29 is 9.59 Å². The van der Waals surface area contributed by atoms with Crippen LogP contribution < -0.4 is 10.2 Å². The molecule has 0 bridgehead atoms. The third-order valence-corrected chi connectivity index (χ3v) is 4.55. The molecule has 3 aromatic rings. The fraction of sp³-hybridized carbons (Fsp3) is 0.211. The Labute approximate surface area is 155 Å². The molecule has 2 amide bonds. The summed E-state index contributed by atoms with van der Waals surface area (Å²) >= 11 is 0. The van der Waals surface area contributed by atoms with E-state index in [9.17, 15) is 9.59 Å². The fourth-order valence-electron chi connectivity index (χ4n) is 3.09. The lowest BCUT2D eigenvalue weighted by Gasteiger charge is -2.33. The van der Waals surface area contributed by atoms with Gasteiger partial charge in [0.1, 0.15) is 17.8 Å². The van der Waals surface area contributed by atoms with Gasteiger partial charge in [-0.25, -0.2) is 9.97 Å². The normalized spacial score (nSPS) is 14.2. The number of carbonyl (C=O) groups is 2. The molecule has 4 rings (SSSR count). The van der Waals surface area contributed by atoms with E-state index >= 15 is 0 Å². The molecule has 1 saturated heterocycles. The maximum atomic E-state index is 12.7. The molecule has 0 spiro atoms. The number of nitrogens with zero attached hydrogens (tertiary/aromatic N) is 5. The second kappa shape index (κ2) is 7.36. The van der Waals surface area contributed by atoms with E-state index in [0.29, 0.717) is 37.7 Å². The Bertz CT molecular complexity index is 979. The molecule has 0 radical (unpaired) electrons. The van der Waals surface area contributed by atoms with Crippen molar-refractivity contribution in [2.24, 2.45) is 0 Å². The molecule has 8 heteroatoms. The Morgan fingerprint density at radius 3 is 2.67 bits per heavy atom. The van der Waals surface area contributed by atoms with Crippen LogP contribution in [0.5, 0.6) is 0 Å². The van der Waals surface area contributed by atoms with Gasteiger partial charge in [-0.1, -0.05) is 18.2 Å². The van der Waals surface area contributed by atoms with Crippen molar-refractivity contribution in [2.75, 3.05) is 36.4 Å². The minimum atomic E-state index is -0.316. The Morgan fingerprint density at radius 1 is 1.04 bits per heavy atom. The Hall–Kier alpha value is -3.55. The van der Waals surface area contributed by atoms with E-state index in [-0.39, 0.29) is 11.6 Å². The number of anilines is 2. The molecule has 0 unspecified atom stereocenters. The average Bonchev–Trinajstić information content (AvgIpc) is 2.74. The standard InChI is InChI=1S/C19H18N6O2/c26-13-24-7-9-25(10-8-24)17-11-16(21-12-22-17)19(27)23-15-5-1-3-14-4-2-6-20-18(14)15/h1-6,11-13H,7-10H2,(H,23,27). The van der Waals surface area contributed by atoms with Gasteiger partial charge in [-0.2, -0.15) is 0 Å². The summed E-state index contributed by atoms with van der Waals surface area (Å²) < 4.78 is 0. The highest BCUT2D eigenvalue weighted by Crippen LogP contribution is 2.21. The summed E-state index contributed by atoms with van der Waals surface area (Å²) in [5.74, 6) is 0.361. The van der Waals surface area contributed by atoms with Crippen LogP contribution in [0.3, 0.4) is 0 Å². The van der Waals surface area contributed by atoms with Crippen molar-refractivity contribution >= 4 is 34.7 Å². The number of rotatable bonds is 4. The highest BCUT2D eigenvalue weighted by Gasteiger charge is 2.18. The minimum Gasteiger partial charge on any atom is -0.353 e. The molecule has 1 fully saturated rings. The average molecular weight is 362 g/mol. The van der Waals surface area contributed by atoms with Crippen molar-refractivity contribution in [1.82, 2.24) is 19.9 Å². The first-order chi connectivity index (χ1) is 13.2. The van der Waals surface area contributed by atoms with Crippen LogP contribution >= 0.6 is 0 Å². The lowest BCUT2D eigenvalue weighted by molar-refractivity contribution is -0.118. The SMILES string of the molecule is O=CN1CCN(c2cc(C(=O)Nc3cccc4cccnc34)ncn2)CC1. The van der Waals surface area contributed by atoms with Crippen LogP contribution in [-0.2, 0) is 4.79 Å². The molecule has 1 aliphatic heterocycles. The first-order valence-corrected chi connectivity index (χ1v) is 8.66. The summed E-state index contributed by atoms with van der Waals surface area (Å²) in [6.45, 7) is 2.61. The number of carbonyl (C=O) groups excluding carboxylic acids is 2. The van der Waals surface area contributed by atoms with Crippen LogP contribution in [0.4, 0.5) is 11.5 Å². The van der Waals surface area contributed by atoms with Gasteiger partial charge in [0.25, 0.3) is 5.91 Å². The number of hydrogen-bond donors (Lipinski definition) is 1. The number of benzene rings is 1. The van der Waals surface area contributed by atoms with Gasteiger partial charge in [0.05, 0.1) is 11.2 Å². The van der Waals surface area contributed by atoms with Crippen LogP contribution in [0.2, 0.25) is 0 Å². The van der Waals surface area contributed by atoms with Gasteiger partial charge in [-0.3, -0.25) is 14.6 Å². The number of hydrogen-bond acceptors (Lipinski definition) is 6. The number of para-hydroxylation sites is 1. The number of fused-ring (bicyclic) bond motifs is 1. The zero-order valence-corrected chi connectivity index (χ0v) is 14.6.